The van der Waals surface area contributed by atoms with Gasteiger partial charge in [0.15, 0.2) is 12.2 Å². The first-order valence-electron chi connectivity index (χ1n) is 3.78. The van der Waals surface area contributed by atoms with Gasteiger partial charge >= 0.3 is 7.75 Å². The number of nitrogens with two attached hydrogens (primary N) is 1. The third-order valence-electron chi connectivity index (χ3n) is 1.09. The summed E-state index contributed by atoms with van der Waals surface area (Å²) in [5.74, 6) is -0.656. The molecule has 0 amide bonds. The fourth-order valence-corrected chi connectivity index (χ4v) is 1.49. The van der Waals surface area contributed by atoms with Crippen molar-refractivity contribution in [2.45, 2.75) is 13.2 Å². The van der Waals surface area contributed by atoms with E-state index in [1.807, 2.05) is 0 Å². The summed E-state index contributed by atoms with van der Waals surface area (Å²) in [6.07, 6.45) is -1.28. The fourth-order valence-electron chi connectivity index (χ4n) is 0.627. The Morgan fingerprint density at radius 2 is 2.06 bits per heavy atom. The molecule has 16 heavy (non-hydrogen) atoms. The zero-order valence-electron chi connectivity index (χ0n) is 8.43. The first-order valence-corrected chi connectivity index (χ1v) is 6.85. The molecule has 0 fully saturated rings. The van der Waals surface area contributed by atoms with Crippen LogP contribution in [0.25, 0.3) is 0 Å². The second-order valence-electron chi connectivity index (χ2n) is 2.50. The minimum Gasteiger partial charge on any atom is -0.756 e. The van der Waals surface area contributed by atoms with Crippen LogP contribution in [0.1, 0.15) is 6.92 Å². The SMILES string of the molecule is COP(=O)([O-])OC(C)/N=C(\N)NP(=O)(O)O. The number of nitrogens with zero attached hydrogens (tertiary/aromatic N) is 1. The number of guanidine groups is 1. The largest absolute Gasteiger partial charge is 0.756 e. The van der Waals surface area contributed by atoms with Gasteiger partial charge in [-0.1, -0.05) is 0 Å². The highest BCUT2D eigenvalue weighted by molar-refractivity contribution is 7.50. The normalized spacial score (nSPS) is 18.9. The molecule has 12 heteroatoms. The molecule has 96 valence electrons. The lowest BCUT2D eigenvalue weighted by Crippen LogP contribution is -2.30. The Balaban J connectivity index is 4.43. The van der Waals surface area contributed by atoms with Crippen molar-refractivity contribution in [2.24, 2.45) is 10.7 Å². The number of phosphoric ester groups is 1. The lowest BCUT2D eigenvalue weighted by Gasteiger charge is -2.22. The maximum atomic E-state index is 10.8. The maximum Gasteiger partial charge on any atom is 0.429 e. The minimum atomic E-state index is -4.58. The van der Waals surface area contributed by atoms with E-state index >= 15 is 0 Å². The second-order valence-corrected chi connectivity index (χ2v) is 5.29. The van der Waals surface area contributed by atoms with E-state index in [0.29, 0.717) is 0 Å². The molecule has 0 saturated heterocycles. The van der Waals surface area contributed by atoms with Crippen LogP contribution in [0.5, 0.6) is 0 Å². The van der Waals surface area contributed by atoms with Gasteiger partial charge in [-0.15, -0.1) is 0 Å². The summed E-state index contributed by atoms with van der Waals surface area (Å²) in [4.78, 5) is 31.0. The standard InChI is InChI=1S/C4H13N3O7P2/c1-3(14-16(11,12)13-2)6-4(5)7-15(8,9)10/h3H,1-2H3,(H,11,12)(H5,5,6,7,8,9,10)/p-1. The monoisotopic (exact) mass is 276 g/mol. The fraction of sp³-hybridized carbons (Fsp3) is 0.750. The van der Waals surface area contributed by atoms with E-state index < -0.39 is 27.8 Å². The molecular weight excluding hydrogens is 264 g/mol. The number of hydrogen-bond acceptors (Lipinski definition) is 6. The molecule has 0 aromatic rings. The lowest BCUT2D eigenvalue weighted by atomic mass is 10.7. The van der Waals surface area contributed by atoms with Crippen LogP contribution in [0.4, 0.5) is 0 Å². The lowest BCUT2D eigenvalue weighted by molar-refractivity contribution is -0.226. The number of nitrogens with one attached hydrogen (secondary N) is 1. The molecule has 0 bridgehead atoms. The summed E-state index contributed by atoms with van der Waals surface area (Å²) < 4.78 is 29.5. The molecule has 0 radical (unpaired) electrons. The highest BCUT2D eigenvalue weighted by atomic mass is 31.2. The van der Waals surface area contributed by atoms with Crippen LogP contribution in [-0.2, 0) is 18.2 Å². The minimum absolute atomic E-state index is 0.656. The van der Waals surface area contributed by atoms with Crippen molar-refractivity contribution >= 4 is 21.5 Å². The molecule has 2 atom stereocenters. The van der Waals surface area contributed by atoms with E-state index in [-0.39, 0.29) is 0 Å². The van der Waals surface area contributed by atoms with Crippen molar-refractivity contribution in [3.8, 4) is 0 Å². The van der Waals surface area contributed by atoms with E-state index in [4.69, 9.17) is 15.5 Å². The van der Waals surface area contributed by atoms with Gasteiger partial charge in [0.1, 0.15) is 0 Å². The van der Waals surface area contributed by atoms with Crippen molar-refractivity contribution in [3.05, 3.63) is 0 Å². The first-order chi connectivity index (χ1) is 7.06. The zero-order valence-corrected chi connectivity index (χ0v) is 10.2. The van der Waals surface area contributed by atoms with E-state index in [2.05, 4.69) is 14.0 Å². The van der Waals surface area contributed by atoms with Crippen LogP contribution in [0, 0.1) is 0 Å². The molecule has 0 heterocycles. The summed E-state index contributed by atoms with van der Waals surface area (Å²) >= 11 is 0. The number of aliphatic imine (C=N–C) groups is 1. The van der Waals surface area contributed by atoms with Gasteiger partial charge in [-0.25, -0.2) is 9.56 Å². The van der Waals surface area contributed by atoms with Crippen LogP contribution in [-0.4, -0.2) is 29.1 Å². The molecule has 0 aliphatic heterocycles. The smallest absolute Gasteiger partial charge is 0.429 e. The van der Waals surface area contributed by atoms with Crippen LogP contribution in [0.15, 0.2) is 4.99 Å². The van der Waals surface area contributed by atoms with Gasteiger partial charge in [-0.3, -0.25) is 14.2 Å². The third-order valence-corrected chi connectivity index (χ3v) is 2.62. The summed E-state index contributed by atoms with van der Waals surface area (Å²) in [5, 5.41) is 1.54. The van der Waals surface area contributed by atoms with E-state index in [1.165, 1.54) is 12.0 Å². The number of rotatable bonds is 5. The molecule has 0 aromatic heterocycles. The molecule has 2 unspecified atom stereocenters. The zero-order chi connectivity index (χ0) is 13.0. The summed E-state index contributed by atoms with van der Waals surface area (Å²) in [6, 6.07) is 0. The van der Waals surface area contributed by atoms with Crippen molar-refractivity contribution in [1.29, 1.82) is 0 Å². The summed E-state index contributed by atoms with van der Waals surface area (Å²) in [7, 11) is -8.16. The molecule has 0 aromatic carbocycles. The van der Waals surface area contributed by atoms with Crippen LogP contribution in [0.3, 0.4) is 0 Å². The quantitative estimate of drug-likeness (QED) is 0.264. The van der Waals surface area contributed by atoms with Crippen molar-refractivity contribution in [2.75, 3.05) is 7.11 Å². The predicted octanol–water partition coefficient (Wildman–Crippen LogP) is -1.54. The van der Waals surface area contributed by atoms with Crippen LogP contribution < -0.4 is 15.7 Å². The highest BCUT2D eigenvalue weighted by Crippen LogP contribution is 2.38. The van der Waals surface area contributed by atoms with Crippen molar-refractivity contribution in [3.63, 3.8) is 0 Å². The third kappa shape index (κ3) is 7.77. The Bertz CT molecular complexity index is 352. The average Bonchev–Trinajstić information content (AvgIpc) is 1.98. The number of hydrogen-bond donors (Lipinski definition) is 4. The van der Waals surface area contributed by atoms with Crippen LogP contribution >= 0.6 is 15.6 Å². The molecule has 0 spiro atoms. The summed E-state index contributed by atoms with van der Waals surface area (Å²) in [5.41, 5.74) is 5.06. The van der Waals surface area contributed by atoms with Crippen LogP contribution in [0.2, 0.25) is 0 Å². The predicted molar refractivity (Wildman–Crippen MR) is 52.0 cm³/mol. The Morgan fingerprint density at radius 1 is 1.56 bits per heavy atom. The van der Waals surface area contributed by atoms with Crippen molar-refractivity contribution in [1.82, 2.24) is 5.09 Å². The Morgan fingerprint density at radius 3 is 2.44 bits per heavy atom. The van der Waals surface area contributed by atoms with Gasteiger partial charge < -0.3 is 24.9 Å². The Labute approximate surface area is 91.3 Å². The molecular formula is C4H12N3O7P2-. The van der Waals surface area contributed by atoms with E-state index in [0.717, 1.165) is 7.11 Å². The van der Waals surface area contributed by atoms with Gasteiger partial charge in [0.05, 0.1) is 0 Å². The van der Waals surface area contributed by atoms with E-state index in [9.17, 15) is 14.0 Å². The topological polar surface area (TPSA) is 167 Å². The molecule has 0 aliphatic carbocycles. The molecule has 5 N–H and O–H groups in total. The maximum absolute atomic E-state index is 10.8. The Hall–Kier alpha value is -0.470. The molecule has 0 saturated carbocycles. The van der Waals surface area contributed by atoms with Gasteiger partial charge in [-0.05, 0) is 6.92 Å². The number of phosphoric acid groups is 1. The van der Waals surface area contributed by atoms with Gasteiger partial charge in [0.25, 0.3) is 7.82 Å². The molecule has 10 nitrogen and oxygen atoms in total. The van der Waals surface area contributed by atoms with Gasteiger partial charge in [0, 0.05) is 7.11 Å². The average molecular weight is 276 g/mol. The van der Waals surface area contributed by atoms with E-state index in [1.54, 1.807) is 0 Å². The van der Waals surface area contributed by atoms with Gasteiger partial charge in [-0.2, -0.15) is 0 Å². The second kappa shape index (κ2) is 5.74. The highest BCUT2D eigenvalue weighted by Gasteiger charge is 2.16. The first kappa shape index (κ1) is 15.5. The molecule has 0 aliphatic rings. The molecule has 0 rings (SSSR count). The Kier molecular flexibility index (Phi) is 5.57. The van der Waals surface area contributed by atoms with Gasteiger partial charge in [0.2, 0.25) is 0 Å². The summed E-state index contributed by atoms with van der Waals surface area (Å²) in [6.45, 7) is 1.19. The van der Waals surface area contributed by atoms with Crippen molar-refractivity contribution < 1.29 is 32.9 Å².